The number of rotatable bonds is 9. The number of hydrogen-bond donors (Lipinski definition) is 1. The van der Waals surface area contributed by atoms with E-state index in [4.69, 9.17) is 19.4 Å². The van der Waals surface area contributed by atoms with Crippen LogP contribution >= 0.6 is 0 Å². The summed E-state index contributed by atoms with van der Waals surface area (Å²) in [5, 5.41) is 5.25. The number of nitrogens with zero attached hydrogens (tertiary/aromatic N) is 5. The van der Waals surface area contributed by atoms with Crippen LogP contribution in [0.5, 0.6) is 11.5 Å². The highest BCUT2D eigenvalue weighted by Crippen LogP contribution is 2.28. The largest absolute Gasteiger partial charge is 0.497 e. The minimum absolute atomic E-state index is 0.267. The van der Waals surface area contributed by atoms with Crippen LogP contribution in [0, 0.1) is 0 Å². The standard InChI is InChI=1S/C26H32N6O2/c1-31(12-13-32-10-3-4-11-32)26-23-14-19(20-16-27-28-17-20)8-9-24(23)29-25(30-26)18-34-22-7-5-6-21(15-22)33-2/h5-9,14-16,20,28H,3-4,10-13,17-18H2,1-2H3. The number of methoxy groups -OCH3 is 1. The van der Waals surface area contributed by atoms with Crippen LogP contribution in [0.4, 0.5) is 5.82 Å². The third kappa shape index (κ3) is 5.07. The predicted molar refractivity (Wildman–Crippen MR) is 135 cm³/mol. The molecule has 1 aromatic heterocycles. The monoisotopic (exact) mass is 460 g/mol. The lowest BCUT2D eigenvalue weighted by molar-refractivity contribution is 0.294. The predicted octanol–water partition coefficient (Wildman–Crippen LogP) is 3.42. The zero-order valence-corrected chi connectivity index (χ0v) is 19.9. The first-order valence-electron chi connectivity index (χ1n) is 12.0. The van der Waals surface area contributed by atoms with Gasteiger partial charge in [-0.15, -0.1) is 0 Å². The molecule has 0 aliphatic carbocycles. The van der Waals surface area contributed by atoms with Crippen LogP contribution in [-0.2, 0) is 6.61 Å². The van der Waals surface area contributed by atoms with Gasteiger partial charge in [-0.05, 0) is 55.8 Å². The van der Waals surface area contributed by atoms with Crippen molar-refractivity contribution in [1.82, 2.24) is 20.3 Å². The molecule has 1 unspecified atom stereocenters. The minimum atomic E-state index is 0.267. The molecule has 178 valence electrons. The Balaban J connectivity index is 1.42. The van der Waals surface area contributed by atoms with Crippen LogP contribution in [0.2, 0.25) is 0 Å². The fourth-order valence-corrected chi connectivity index (χ4v) is 4.56. The third-order valence-electron chi connectivity index (χ3n) is 6.55. The van der Waals surface area contributed by atoms with Gasteiger partial charge in [0.15, 0.2) is 5.82 Å². The first-order chi connectivity index (χ1) is 16.7. The number of ether oxygens (including phenoxy) is 2. The summed E-state index contributed by atoms with van der Waals surface area (Å²) in [5.74, 6) is 3.36. The number of likely N-dealkylation sites (N-methyl/N-ethyl adjacent to an activating group) is 1. The van der Waals surface area contributed by atoms with E-state index in [-0.39, 0.29) is 12.5 Å². The van der Waals surface area contributed by atoms with Crippen LogP contribution in [0.1, 0.15) is 30.1 Å². The van der Waals surface area contributed by atoms with Gasteiger partial charge in [-0.1, -0.05) is 12.1 Å². The number of aromatic nitrogens is 2. The van der Waals surface area contributed by atoms with E-state index in [0.29, 0.717) is 5.82 Å². The molecular weight excluding hydrogens is 428 g/mol. The van der Waals surface area contributed by atoms with Gasteiger partial charge in [0.1, 0.15) is 23.9 Å². The topological polar surface area (TPSA) is 75.1 Å². The van der Waals surface area contributed by atoms with E-state index in [0.717, 1.165) is 47.9 Å². The normalized spacial score (nSPS) is 17.8. The Kier molecular flexibility index (Phi) is 6.76. The van der Waals surface area contributed by atoms with Crippen molar-refractivity contribution in [3.05, 3.63) is 53.9 Å². The SMILES string of the molecule is COc1cccc(OCc2nc(N(C)CCN3CCCC3)c3cc(C4C=NNC4)ccc3n2)c1. The van der Waals surface area contributed by atoms with Gasteiger partial charge in [0, 0.05) is 50.3 Å². The van der Waals surface area contributed by atoms with Crippen molar-refractivity contribution in [3.8, 4) is 11.5 Å². The number of hydrogen-bond acceptors (Lipinski definition) is 8. The molecule has 0 saturated carbocycles. The molecule has 3 aromatic rings. The second-order valence-electron chi connectivity index (χ2n) is 8.92. The summed E-state index contributed by atoms with van der Waals surface area (Å²) < 4.78 is 11.3. The first kappa shape index (κ1) is 22.4. The fourth-order valence-electron chi connectivity index (χ4n) is 4.56. The average molecular weight is 461 g/mol. The Morgan fingerprint density at radius 3 is 2.74 bits per heavy atom. The second-order valence-corrected chi connectivity index (χ2v) is 8.92. The lowest BCUT2D eigenvalue weighted by Crippen LogP contribution is -2.32. The van der Waals surface area contributed by atoms with Crippen LogP contribution in [0.25, 0.3) is 10.9 Å². The number of fused-ring (bicyclic) bond motifs is 1. The molecule has 0 radical (unpaired) electrons. The van der Waals surface area contributed by atoms with E-state index in [1.165, 1.54) is 31.5 Å². The quantitative estimate of drug-likeness (QED) is 0.524. The van der Waals surface area contributed by atoms with Crippen molar-refractivity contribution in [2.45, 2.75) is 25.4 Å². The van der Waals surface area contributed by atoms with E-state index in [1.54, 1.807) is 7.11 Å². The maximum Gasteiger partial charge on any atom is 0.168 e. The van der Waals surface area contributed by atoms with Crippen molar-refractivity contribution in [3.63, 3.8) is 0 Å². The summed E-state index contributed by atoms with van der Waals surface area (Å²) in [5.41, 5.74) is 5.20. The number of likely N-dealkylation sites (tertiary alicyclic amines) is 1. The van der Waals surface area contributed by atoms with Crippen LogP contribution in [-0.4, -0.2) is 68.0 Å². The summed E-state index contributed by atoms with van der Waals surface area (Å²) in [6.07, 6.45) is 4.56. The zero-order valence-electron chi connectivity index (χ0n) is 19.9. The average Bonchev–Trinajstić information content (AvgIpc) is 3.60. The highest BCUT2D eigenvalue weighted by atomic mass is 16.5. The van der Waals surface area contributed by atoms with Crippen molar-refractivity contribution in [2.75, 3.05) is 51.8 Å². The molecule has 2 aliphatic rings. The van der Waals surface area contributed by atoms with E-state index in [2.05, 4.69) is 45.6 Å². The first-order valence-corrected chi connectivity index (χ1v) is 12.0. The van der Waals surface area contributed by atoms with Crippen LogP contribution in [0.3, 0.4) is 0 Å². The molecule has 0 bridgehead atoms. The van der Waals surface area contributed by atoms with E-state index in [1.807, 2.05) is 30.5 Å². The number of nitrogens with one attached hydrogen (secondary N) is 1. The van der Waals surface area contributed by atoms with Gasteiger partial charge < -0.3 is 24.7 Å². The molecule has 2 aromatic carbocycles. The number of hydrazone groups is 1. The second kappa shape index (κ2) is 10.3. The van der Waals surface area contributed by atoms with Gasteiger partial charge in [0.05, 0.1) is 12.6 Å². The smallest absolute Gasteiger partial charge is 0.168 e. The van der Waals surface area contributed by atoms with Gasteiger partial charge >= 0.3 is 0 Å². The molecule has 8 nitrogen and oxygen atoms in total. The molecule has 1 N–H and O–H groups in total. The van der Waals surface area contributed by atoms with Gasteiger partial charge in [0.25, 0.3) is 0 Å². The summed E-state index contributed by atoms with van der Waals surface area (Å²) in [4.78, 5) is 14.6. The highest BCUT2D eigenvalue weighted by molar-refractivity contribution is 5.91. The molecular formula is C26H32N6O2. The maximum absolute atomic E-state index is 6.01. The lowest BCUT2D eigenvalue weighted by Gasteiger charge is -2.24. The molecule has 1 saturated heterocycles. The summed E-state index contributed by atoms with van der Waals surface area (Å²) in [7, 11) is 3.77. The summed E-state index contributed by atoms with van der Waals surface area (Å²) >= 11 is 0. The number of benzene rings is 2. The third-order valence-corrected chi connectivity index (χ3v) is 6.55. The highest BCUT2D eigenvalue weighted by Gasteiger charge is 2.19. The molecule has 0 amide bonds. The lowest BCUT2D eigenvalue weighted by atomic mass is 9.99. The van der Waals surface area contributed by atoms with E-state index >= 15 is 0 Å². The molecule has 3 heterocycles. The summed E-state index contributed by atoms with van der Waals surface area (Å²) in [6.45, 7) is 5.44. The Morgan fingerprint density at radius 1 is 1.09 bits per heavy atom. The van der Waals surface area contributed by atoms with Crippen molar-refractivity contribution in [2.24, 2.45) is 5.10 Å². The van der Waals surface area contributed by atoms with Crippen LogP contribution in [0.15, 0.2) is 47.6 Å². The van der Waals surface area contributed by atoms with E-state index in [9.17, 15) is 0 Å². The molecule has 2 aliphatic heterocycles. The van der Waals surface area contributed by atoms with Gasteiger partial charge in [-0.2, -0.15) is 5.10 Å². The Hall–Kier alpha value is -3.39. The van der Waals surface area contributed by atoms with Crippen molar-refractivity contribution in [1.29, 1.82) is 0 Å². The number of anilines is 1. The molecule has 5 rings (SSSR count). The summed E-state index contributed by atoms with van der Waals surface area (Å²) in [6, 6.07) is 14.0. The minimum Gasteiger partial charge on any atom is -0.497 e. The maximum atomic E-state index is 6.01. The van der Waals surface area contributed by atoms with Gasteiger partial charge in [0.2, 0.25) is 0 Å². The molecule has 0 spiro atoms. The van der Waals surface area contributed by atoms with Gasteiger partial charge in [-0.3, -0.25) is 0 Å². The Labute approximate surface area is 200 Å². The molecule has 34 heavy (non-hydrogen) atoms. The van der Waals surface area contributed by atoms with Gasteiger partial charge in [-0.25, -0.2) is 9.97 Å². The molecule has 8 heteroatoms. The molecule has 1 atom stereocenters. The Morgan fingerprint density at radius 2 is 1.94 bits per heavy atom. The Bertz CT molecular complexity index is 1160. The van der Waals surface area contributed by atoms with Crippen LogP contribution < -0.4 is 19.8 Å². The molecule has 1 fully saturated rings. The van der Waals surface area contributed by atoms with Crippen molar-refractivity contribution < 1.29 is 9.47 Å². The van der Waals surface area contributed by atoms with E-state index < -0.39 is 0 Å². The van der Waals surface area contributed by atoms with Crippen molar-refractivity contribution >= 4 is 22.9 Å². The fraction of sp³-hybridized carbons (Fsp3) is 0.423. The zero-order chi connectivity index (χ0) is 23.3.